The summed E-state index contributed by atoms with van der Waals surface area (Å²) in [5.41, 5.74) is 1.27. The second-order valence-corrected chi connectivity index (χ2v) is 8.89. The highest BCUT2D eigenvalue weighted by atomic mass is 16.5. The number of amides is 1. The van der Waals surface area contributed by atoms with E-state index >= 15 is 0 Å². The zero-order valence-electron chi connectivity index (χ0n) is 16.9. The molecule has 0 bridgehead atoms. The maximum absolute atomic E-state index is 12.7. The molecular weight excluding hydrogens is 344 g/mol. The van der Waals surface area contributed by atoms with Gasteiger partial charge in [0.05, 0.1) is 24.9 Å². The Morgan fingerprint density at radius 1 is 1.44 bits per heavy atom. The molecule has 27 heavy (non-hydrogen) atoms. The number of nitrogens with zero attached hydrogens (tertiary/aromatic N) is 3. The molecule has 2 saturated heterocycles. The molecule has 3 aliphatic rings. The SMILES string of the molecule is COCCN1C(=O)C[C@@H](CN[C@@H]2[C@H]3CCO[C@@H]3C2(C)C)[C@@H]1c1cnn(C)c1. The monoisotopic (exact) mass is 376 g/mol. The van der Waals surface area contributed by atoms with Crippen molar-refractivity contribution >= 4 is 5.91 Å². The molecule has 7 heteroatoms. The summed E-state index contributed by atoms with van der Waals surface area (Å²) in [4.78, 5) is 14.7. The molecule has 0 unspecified atom stereocenters. The maximum Gasteiger partial charge on any atom is 0.223 e. The summed E-state index contributed by atoms with van der Waals surface area (Å²) in [5, 5.41) is 8.14. The summed E-state index contributed by atoms with van der Waals surface area (Å²) < 4.78 is 13.0. The molecule has 1 aromatic heterocycles. The van der Waals surface area contributed by atoms with Crippen LogP contribution in [0.15, 0.2) is 12.4 Å². The number of carbonyl (C=O) groups is 1. The third-order valence-electron chi connectivity index (χ3n) is 6.84. The third kappa shape index (κ3) is 3.19. The van der Waals surface area contributed by atoms with Gasteiger partial charge in [0.15, 0.2) is 0 Å². The molecule has 2 aliphatic heterocycles. The molecule has 150 valence electrons. The van der Waals surface area contributed by atoms with Crippen LogP contribution in [0.5, 0.6) is 0 Å². The number of hydrogen-bond acceptors (Lipinski definition) is 5. The second kappa shape index (κ2) is 7.18. The van der Waals surface area contributed by atoms with E-state index in [1.807, 2.05) is 29.0 Å². The number of carbonyl (C=O) groups excluding carboxylic acids is 1. The topological polar surface area (TPSA) is 68.6 Å². The van der Waals surface area contributed by atoms with Gasteiger partial charge in [-0.2, -0.15) is 5.10 Å². The van der Waals surface area contributed by atoms with Crippen LogP contribution in [0.4, 0.5) is 0 Å². The average Bonchev–Trinajstić information content (AvgIpc) is 3.31. The van der Waals surface area contributed by atoms with Crippen molar-refractivity contribution in [2.24, 2.45) is 24.3 Å². The zero-order valence-corrected chi connectivity index (χ0v) is 16.9. The number of fused-ring (bicyclic) bond motifs is 1. The Morgan fingerprint density at radius 3 is 2.96 bits per heavy atom. The van der Waals surface area contributed by atoms with Crippen molar-refractivity contribution in [3.8, 4) is 0 Å². The molecule has 4 rings (SSSR count). The molecule has 0 aromatic carbocycles. The van der Waals surface area contributed by atoms with Crippen LogP contribution in [0.1, 0.15) is 38.3 Å². The van der Waals surface area contributed by atoms with Crippen molar-refractivity contribution < 1.29 is 14.3 Å². The normalized spacial score (nSPS) is 34.7. The number of nitrogens with one attached hydrogen (secondary N) is 1. The van der Waals surface area contributed by atoms with Crippen molar-refractivity contribution in [2.45, 2.75) is 44.9 Å². The Balaban J connectivity index is 1.48. The molecule has 1 amide bonds. The van der Waals surface area contributed by atoms with Crippen LogP contribution in [-0.4, -0.2) is 66.1 Å². The first kappa shape index (κ1) is 18.9. The standard InChI is InChI=1S/C20H32N4O3/c1-20(2)18(15-5-7-27-19(15)20)21-10-13-9-16(25)24(6-8-26-4)17(13)14-11-22-23(3)12-14/h11-13,15,17-19,21H,5-10H2,1-4H3/t13-,15+,17+,18+,19-/m0/s1. The predicted octanol–water partition coefficient (Wildman–Crippen LogP) is 1.36. The van der Waals surface area contributed by atoms with Crippen LogP contribution in [0.25, 0.3) is 0 Å². The summed E-state index contributed by atoms with van der Waals surface area (Å²) in [6, 6.07) is 0.523. The number of ether oxygens (including phenoxy) is 2. The number of aryl methyl sites for hydroxylation is 1. The van der Waals surface area contributed by atoms with E-state index in [1.54, 1.807) is 7.11 Å². The van der Waals surface area contributed by atoms with Gasteiger partial charge >= 0.3 is 0 Å². The molecular formula is C20H32N4O3. The van der Waals surface area contributed by atoms with E-state index < -0.39 is 0 Å². The lowest BCUT2D eigenvalue weighted by molar-refractivity contribution is -0.129. The molecule has 3 heterocycles. The number of rotatable bonds is 7. The van der Waals surface area contributed by atoms with Crippen LogP contribution < -0.4 is 5.32 Å². The van der Waals surface area contributed by atoms with E-state index in [0.717, 1.165) is 25.1 Å². The smallest absolute Gasteiger partial charge is 0.223 e. The third-order valence-corrected chi connectivity index (χ3v) is 6.84. The Labute approximate surface area is 161 Å². The number of hydrogen-bond donors (Lipinski definition) is 1. The van der Waals surface area contributed by atoms with Crippen LogP contribution in [0.3, 0.4) is 0 Å². The minimum Gasteiger partial charge on any atom is -0.383 e. The van der Waals surface area contributed by atoms with E-state index in [0.29, 0.717) is 37.6 Å². The molecule has 1 saturated carbocycles. The Bertz CT molecular complexity index is 689. The molecule has 5 atom stereocenters. The van der Waals surface area contributed by atoms with Gasteiger partial charge in [0.2, 0.25) is 5.91 Å². The quantitative estimate of drug-likeness (QED) is 0.778. The van der Waals surface area contributed by atoms with Crippen molar-refractivity contribution in [1.29, 1.82) is 0 Å². The molecule has 1 aromatic rings. The minimum atomic E-state index is 0.0627. The fourth-order valence-corrected chi connectivity index (χ4v) is 5.56. The highest BCUT2D eigenvalue weighted by Gasteiger charge is 2.59. The van der Waals surface area contributed by atoms with Gasteiger partial charge in [-0.25, -0.2) is 0 Å². The fourth-order valence-electron chi connectivity index (χ4n) is 5.56. The molecule has 3 fully saturated rings. The van der Waals surface area contributed by atoms with E-state index in [9.17, 15) is 4.79 Å². The van der Waals surface area contributed by atoms with Crippen molar-refractivity contribution in [1.82, 2.24) is 20.0 Å². The Kier molecular flexibility index (Phi) is 5.03. The first-order valence-electron chi connectivity index (χ1n) is 10.1. The number of methoxy groups -OCH3 is 1. The highest BCUT2D eigenvalue weighted by molar-refractivity contribution is 5.79. The van der Waals surface area contributed by atoms with Crippen LogP contribution >= 0.6 is 0 Å². The molecule has 0 spiro atoms. The van der Waals surface area contributed by atoms with Gasteiger partial charge in [-0.3, -0.25) is 9.48 Å². The molecule has 7 nitrogen and oxygen atoms in total. The van der Waals surface area contributed by atoms with E-state index in [4.69, 9.17) is 9.47 Å². The van der Waals surface area contributed by atoms with Crippen LogP contribution in [0, 0.1) is 17.3 Å². The van der Waals surface area contributed by atoms with Crippen molar-refractivity contribution in [3.05, 3.63) is 18.0 Å². The first-order valence-corrected chi connectivity index (χ1v) is 10.1. The lowest BCUT2D eigenvalue weighted by atomic mass is 9.57. The van der Waals surface area contributed by atoms with Gasteiger partial charge in [-0.15, -0.1) is 0 Å². The van der Waals surface area contributed by atoms with Crippen molar-refractivity contribution in [3.63, 3.8) is 0 Å². The van der Waals surface area contributed by atoms with Crippen molar-refractivity contribution in [2.75, 3.05) is 33.4 Å². The van der Waals surface area contributed by atoms with Gasteiger partial charge in [0, 0.05) is 75.3 Å². The zero-order chi connectivity index (χ0) is 19.2. The van der Waals surface area contributed by atoms with Gasteiger partial charge < -0.3 is 19.7 Å². The number of likely N-dealkylation sites (tertiary alicyclic amines) is 1. The summed E-state index contributed by atoms with van der Waals surface area (Å²) in [6.07, 6.45) is 6.02. The van der Waals surface area contributed by atoms with E-state index in [1.165, 1.54) is 0 Å². The van der Waals surface area contributed by atoms with Gasteiger partial charge in [-0.05, 0) is 6.42 Å². The van der Waals surface area contributed by atoms with Crippen LogP contribution in [-0.2, 0) is 21.3 Å². The molecule has 1 N–H and O–H groups in total. The predicted molar refractivity (Wildman–Crippen MR) is 101 cm³/mol. The fraction of sp³-hybridized carbons (Fsp3) is 0.800. The lowest BCUT2D eigenvalue weighted by Gasteiger charge is -2.55. The highest BCUT2D eigenvalue weighted by Crippen LogP contribution is 2.52. The second-order valence-electron chi connectivity index (χ2n) is 8.89. The Hall–Kier alpha value is -1.44. The first-order chi connectivity index (χ1) is 12.9. The Morgan fingerprint density at radius 2 is 2.26 bits per heavy atom. The maximum atomic E-state index is 12.7. The molecule has 0 radical (unpaired) electrons. The summed E-state index contributed by atoms with van der Waals surface area (Å²) in [7, 11) is 3.60. The van der Waals surface area contributed by atoms with E-state index in [-0.39, 0.29) is 23.3 Å². The average molecular weight is 377 g/mol. The lowest BCUT2D eigenvalue weighted by Crippen LogP contribution is -2.66. The summed E-state index contributed by atoms with van der Waals surface area (Å²) >= 11 is 0. The van der Waals surface area contributed by atoms with E-state index in [2.05, 4.69) is 24.3 Å². The van der Waals surface area contributed by atoms with Crippen LogP contribution in [0.2, 0.25) is 0 Å². The largest absolute Gasteiger partial charge is 0.383 e. The molecule has 1 aliphatic carbocycles. The van der Waals surface area contributed by atoms with Gasteiger partial charge in [0.1, 0.15) is 0 Å². The summed E-state index contributed by atoms with van der Waals surface area (Å²) in [5.74, 6) is 1.07. The van der Waals surface area contributed by atoms with Gasteiger partial charge in [-0.1, -0.05) is 13.8 Å². The summed E-state index contributed by atoms with van der Waals surface area (Å²) in [6.45, 7) is 7.48. The van der Waals surface area contributed by atoms with Gasteiger partial charge in [0.25, 0.3) is 0 Å². The minimum absolute atomic E-state index is 0.0627. The number of aromatic nitrogens is 2.